The van der Waals surface area contributed by atoms with E-state index in [2.05, 4.69) is 22.1 Å². The molecule has 1 aliphatic rings. The zero-order valence-corrected chi connectivity index (χ0v) is 20.0. The summed E-state index contributed by atoms with van der Waals surface area (Å²) in [5.74, 6) is 0.393. The molecule has 5 rings (SSSR count). The Hall–Kier alpha value is -3.91. The van der Waals surface area contributed by atoms with Crippen molar-refractivity contribution in [2.75, 3.05) is 24.5 Å². The van der Waals surface area contributed by atoms with Crippen molar-refractivity contribution < 1.29 is 9.50 Å². The van der Waals surface area contributed by atoms with Gasteiger partial charge in [0.25, 0.3) is 0 Å². The molecule has 0 amide bonds. The molecule has 2 N–H and O–H groups in total. The molecule has 0 aliphatic carbocycles. The van der Waals surface area contributed by atoms with Crippen molar-refractivity contribution in [1.29, 1.82) is 0 Å². The standard InChI is InChI=1S/C27H28FN5O2/c1-17-12-21(19-4-5-24(23(28)14-19)33-11-10-31(3)27(33)35)26(34)22(13-17)20-6-7-30-25(15-20)32-9-8-29-18(2)16-32/h4-7,10-15,18,29,34H,8-9,16H2,1-3H3/t18-/m1/s1. The fourth-order valence-corrected chi connectivity index (χ4v) is 4.64. The van der Waals surface area contributed by atoms with Crippen LogP contribution in [-0.4, -0.2) is 44.9 Å². The molecule has 1 saturated heterocycles. The summed E-state index contributed by atoms with van der Waals surface area (Å²) in [6.45, 7) is 6.71. The number of aryl methyl sites for hydroxylation is 2. The quantitative estimate of drug-likeness (QED) is 0.471. The maximum Gasteiger partial charge on any atom is 0.332 e. The summed E-state index contributed by atoms with van der Waals surface area (Å²) >= 11 is 0. The first-order valence-electron chi connectivity index (χ1n) is 11.6. The molecule has 1 fully saturated rings. The van der Waals surface area contributed by atoms with Gasteiger partial charge < -0.3 is 19.9 Å². The van der Waals surface area contributed by atoms with Crippen LogP contribution in [0.3, 0.4) is 0 Å². The van der Waals surface area contributed by atoms with Crippen molar-refractivity contribution in [3.63, 3.8) is 0 Å². The first-order valence-corrected chi connectivity index (χ1v) is 11.6. The van der Waals surface area contributed by atoms with E-state index < -0.39 is 5.82 Å². The number of anilines is 1. The number of piperazine rings is 1. The summed E-state index contributed by atoms with van der Waals surface area (Å²) in [4.78, 5) is 19.0. The van der Waals surface area contributed by atoms with E-state index in [9.17, 15) is 9.90 Å². The Bertz CT molecular complexity index is 1460. The number of nitrogens with one attached hydrogen (secondary N) is 1. The molecule has 1 aliphatic heterocycles. The lowest BCUT2D eigenvalue weighted by molar-refractivity contribution is 0.479. The largest absolute Gasteiger partial charge is 0.507 e. The number of phenols is 1. The predicted molar refractivity (Wildman–Crippen MR) is 136 cm³/mol. The highest BCUT2D eigenvalue weighted by Crippen LogP contribution is 2.40. The van der Waals surface area contributed by atoms with E-state index in [-0.39, 0.29) is 17.1 Å². The summed E-state index contributed by atoms with van der Waals surface area (Å²) in [6.07, 6.45) is 4.87. The number of phenolic OH excluding ortho intramolecular Hbond substituents is 1. The maximum atomic E-state index is 15.1. The van der Waals surface area contributed by atoms with Crippen LogP contribution in [0.25, 0.3) is 27.9 Å². The minimum absolute atomic E-state index is 0.0745. The highest BCUT2D eigenvalue weighted by molar-refractivity contribution is 5.83. The van der Waals surface area contributed by atoms with E-state index in [4.69, 9.17) is 0 Å². The van der Waals surface area contributed by atoms with E-state index in [0.29, 0.717) is 22.7 Å². The van der Waals surface area contributed by atoms with Gasteiger partial charge in [0.15, 0.2) is 0 Å². The first kappa shape index (κ1) is 22.9. The van der Waals surface area contributed by atoms with Crippen LogP contribution in [0.4, 0.5) is 10.2 Å². The van der Waals surface area contributed by atoms with Gasteiger partial charge in [-0.1, -0.05) is 6.07 Å². The van der Waals surface area contributed by atoms with Crippen LogP contribution in [0.2, 0.25) is 0 Å². The van der Waals surface area contributed by atoms with Gasteiger partial charge in [0.05, 0.1) is 5.69 Å². The number of rotatable bonds is 4. The molecular formula is C27H28FN5O2. The van der Waals surface area contributed by atoms with Crippen molar-refractivity contribution in [3.8, 4) is 33.7 Å². The zero-order valence-electron chi connectivity index (χ0n) is 20.0. The molecule has 180 valence electrons. The van der Waals surface area contributed by atoms with E-state index >= 15 is 4.39 Å². The predicted octanol–water partition coefficient (Wildman–Crippen LogP) is 3.86. The number of benzene rings is 2. The molecule has 2 aromatic heterocycles. The van der Waals surface area contributed by atoms with Gasteiger partial charge in [-0.3, -0.25) is 4.57 Å². The fraction of sp³-hybridized carbons (Fsp3) is 0.259. The van der Waals surface area contributed by atoms with Gasteiger partial charge in [-0.15, -0.1) is 0 Å². The van der Waals surface area contributed by atoms with E-state index in [1.807, 2.05) is 31.2 Å². The third-order valence-corrected chi connectivity index (χ3v) is 6.47. The zero-order chi connectivity index (χ0) is 24.7. The molecule has 1 atom stereocenters. The minimum atomic E-state index is -0.544. The second kappa shape index (κ2) is 9.03. The highest BCUT2D eigenvalue weighted by atomic mass is 19.1. The molecule has 35 heavy (non-hydrogen) atoms. The SMILES string of the molecule is Cc1cc(-c2ccnc(N3CCN[C@H](C)C3)c2)c(O)c(-c2ccc(-n3ccn(C)c3=O)c(F)c2)c1. The Morgan fingerprint density at radius 2 is 1.83 bits per heavy atom. The van der Waals surface area contributed by atoms with Gasteiger partial charge in [-0.05, 0) is 66.9 Å². The summed E-state index contributed by atoms with van der Waals surface area (Å²) < 4.78 is 17.7. The molecule has 0 saturated carbocycles. The molecule has 3 heterocycles. The Labute approximate surface area is 203 Å². The van der Waals surface area contributed by atoms with Crippen molar-refractivity contribution >= 4 is 5.82 Å². The molecule has 7 nitrogen and oxygen atoms in total. The normalized spacial score (nSPS) is 16.0. The molecule has 0 unspecified atom stereocenters. The number of aromatic hydroxyl groups is 1. The lowest BCUT2D eigenvalue weighted by Gasteiger charge is -2.33. The van der Waals surface area contributed by atoms with Gasteiger partial charge in [0, 0.05) is 62.4 Å². The Balaban J connectivity index is 1.54. The number of pyridine rings is 1. The summed E-state index contributed by atoms with van der Waals surface area (Å²) in [5, 5.41) is 14.7. The third-order valence-electron chi connectivity index (χ3n) is 6.47. The van der Waals surface area contributed by atoms with E-state index in [0.717, 1.165) is 36.6 Å². The van der Waals surface area contributed by atoms with E-state index in [1.165, 1.54) is 21.4 Å². The van der Waals surface area contributed by atoms with Crippen molar-refractivity contribution in [3.05, 3.63) is 82.9 Å². The number of halogens is 1. The van der Waals surface area contributed by atoms with Gasteiger partial charge in [-0.25, -0.2) is 14.2 Å². The number of hydrogen-bond donors (Lipinski definition) is 2. The number of hydrogen-bond acceptors (Lipinski definition) is 5. The molecule has 0 bridgehead atoms. The third kappa shape index (κ3) is 4.33. The lowest BCUT2D eigenvalue weighted by atomic mass is 9.95. The van der Waals surface area contributed by atoms with Crippen LogP contribution in [0.15, 0.2) is 65.8 Å². The number of nitrogens with zero attached hydrogens (tertiary/aromatic N) is 4. The average Bonchev–Trinajstić information content (AvgIpc) is 3.18. The van der Waals surface area contributed by atoms with Crippen LogP contribution in [0.1, 0.15) is 12.5 Å². The van der Waals surface area contributed by atoms with Gasteiger partial charge in [-0.2, -0.15) is 0 Å². The summed E-state index contributed by atoms with van der Waals surface area (Å²) in [6, 6.07) is 12.6. The van der Waals surface area contributed by atoms with E-state index in [1.54, 1.807) is 31.6 Å². The Morgan fingerprint density at radius 3 is 2.49 bits per heavy atom. The first-order chi connectivity index (χ1) is 16.8. The van der Waals surface area contributed by atoms with Gasteiger partial charge >= 0.3 is 5.69 Å². The average molecular weight is 474 g/mol. The van der Waals surface area contributed by atoms with Gasteiger partial charge in [0.2, 0.25) is 0 Å². The maximum absolute atomic E-state index is 15.1. The van der Waals surface area contributed by atoms with Crippen LogP contribution in [0, 0.1) is 12.7 Å². The Kier molecular flexibility index (Phi) is 5.90. The second-order valence-corrected chi connectivity index (χ2v) is 9.14. The van der Waals surface area contributed by atoms with Crippen molar-refractivity contribution in [2.24, 2.45) is 7.05 Å². The highest BCUT2D eigenvalue weighted by Gasteiger charge is 2.19. The molecule has 8 heteroatoms. The fourth-order valence-electron chi connectivity index (χ4n) is 4.64. The molecule has 0 spiro atoms. The monoisotopic (exact) mass is 473 g/mol. The van der Waals surface area contributed by atoms with Gasteiger partial charge in [0.1, 0.15) is 17.4 Å². The van der Waals surface area contributed by atoms with Crippen molar-refractivity contribution in [1.82, 2.24) is 19.4 Å². The smallest absolute Gasteiger partial charge is 0.332 e. The number of aromatic nitrogens is 3. The van der Waals surface area contributed by atoms with Crippen LogP contribution >= 0.6 is 0 Å². The molecule has 4 aromatic rings. The minimum Gasteiger partial charge on any atom is -0.507 e. The summed E-state index contributed by atoms with van der Waals surface area (Å²) in [5.41, 5.74) is 3.33. The number of imidazole rings is 1. The molecular weight excluding hydrogens is 445 g/mol. The van der Waals surface area contributed by atoms with Crippen molar-refractivity contribution in [2.45, 2.75) is 19.9 Å². The van der Waals surface area contributed by atoms with Crippen LogP contribution < -0.4 is 15.9 Å². The second-order valence-electron chi connectivity index (χ2n) is 9.14. The summed E-state index contributed by atoms with van der Waals surface area (Å²) in [7, 11) is 1.62. The topological polar surface area (TPSA) is 75.3 Å². The van der Waals surface area contributed by atoms with Crippen LogP contribution in [-0.2, 0) is 7.05 Å². The molecule has 0 radical (unpaired) electrons. The Morgan fingerprint density at radius 1 is 1.09 bits per heavy atom. The lowest BCUT2D eigenvalue weighted by Crippen LogP contribution is -2.49. The molecule has 2 aromatic carbocycles. The van der Waals surface area contributed by atoms with Crippen LogP contribution in [0.5, 0.6) is 5.75 Å².